The van der Waals surface area contributed by atoms with Gasteiger partial charge in [0.25, 0.3) is 0 Å². The molecule has 5 nitrogen and oxygen atoms in total. The number of primary amides is 1. The van der Waals surface area contributed by atoms with Crippen molar-refractivity contribution in [2.24, 2.45) is 5.73 Å². The van der Waals surface area contributed by atoms with E-state index in [2.05, 4.69) is 23.4 Å². The number of aromatic nitrogens is 2. The van der Waals surface area contributed by atoms with E-state index < -0.39 is 0 Å². The number of nitrogens with zero attached hydrogens (tertiary/aromatic N) is 2. The predicted molar refractivity (Wildman–Crippen MR) is 83.0 cm³/mol. The van der Waals surface area contributed by atoms with Crippen LogP contribution in [-0.2, 0) is 13.1 Å². The highest BCUT2D eigenvalue weighted by molar-refractivity contribution is 5.94. The van der Waals surface area contributed by atoms with Gasteiger partial charge < -0.3 is 11.1 Å². The molecule has 0 saturated heterocycles. The van der Waals surface area contributed by atoms with Gasteiger partial charge in [0.15, 0.2) is 0 Å². The smallest absolute Gasteiger partial charge is 0.249 e. The third kappa shape index (κ3) is 4.16. The molecule has 0 aliphatic heterocycles. The summed E-state index contributed by atoms with van der Waals surface area (Å²) in [7, 11) is 0. The number of carbonyl (C=O) groups excluding carboxylic acids is 1. The highest BCUT2D eigenvalue weighted by atomic mass is 16.1. The van der Waals surface area contributed by atoms with Gasteiger partial charge in [0.1, 0.15) is 0 Å². The van der Waals surface area contributed by atoms with Crippen LogP contribution in [0.5, 0.6) is 0 Å². The number of hydrogen-bond donors (Lipinski definition) is 2. The van der Waals surface area contributed by atoms with Gasteiger partial charge >= 0.3 is 0 Å². The molecule has 2 rings (SSSR count). The Morgan fingerprint density at radius 3 is 2.76 bits per heavy atom. The van der Waals surface area contributed by atoms with E-state index in [4.69, 9.17) is 5.73 Å². The summed E-state index contributed by atoms with van der Waals surface area (Å²) >= 11 is 0. The summed E-state index contributed by atoms with van der Waals surface area (Å²) in [6.45, 7) is 6.48. The Morgan fingerprint density at radius 2 is 2.10 bits per heavy atom. The van der Waals surface area contributed by atoms with Crippen molar-refractivity contribution in [2.45, 2.75) is 33.4 Å². The summed E-state index contributed by atoms with van der Waals surface area (Å²) in [5, 5.41) is 7.78. The molecule has 1 heterocycles. The first kappa shape index (κ1) is 15.3. The van der Waals surface area contributed by atoms with Crippen molar-refractivity contribution >= 4 is 5.91 Å². The minimum atomic E-state index is -0.380. The summed E-state index contributed by atoms with van der Waals surface area (Å²) in [6, 6.07) is 9.51. The Morgan fingerprint density at radius 1 is 1.33 bits per heavy atom. The van der Waals surface area contributed by atoms with Crippen LogP contribution < -0.4 is 11.1 Å². The van der Waals surface area contributed by atoms with E-state index in [-0.39, 0.29) is 5.91 Å². The largest absolute Gasteiger partial charge is 0.366 e. The normalized spacial score (nSPS) is 10.8. The van der Waals surface area contributed by atoms with Gasteiger partial charge in [0, 0.05) is 24.3 Å². The maximum absolute atomic E-state index is 11.3. The summed E-state index contributed by atoms with van der Waals surface area (Å²) in [6.07, 6.45) is 0.987. The zero-order valence-corrected chi connectivity index (χ0v) is 12.6. The average Bonchev–Trinajstić information content (AvgIpc) is 2.77. The average molecular weight is 286 g/mol. The lowest BCUT2D eigenvalue weighted by Gasteiger charge is -2.09. The predicted octanol–water partition coefficient (Wildman–Crippen LogP) is 1.78. The molecule has 0 aliphatic carbocycles. The van der Waals surface area contributed by atoms with Crippen LogP contribution in [0.3, 0.4) is 0 Å². The van der Waals surface area contributed by atoms with Gasteiger partial charge in [-0.15, -0.1) is 0 Å². The summed E-state index contributed by atoms with van der Waals surface area (Å²) in [4.78, 5) is 11.3. The van der Waals surface area contributed by atoms with E-state index >= 15 is 0 Å². The monoisotopic (exact) mass is 286 g/mol. The molecule has 0 radical (unpaired) electrons. The number of aryl methyl sites for hydroxylation is 3. The molecular weight excluding hydrogens is 264 g/mol. The standard InChI is InChI=1S/C16H22N4O/c1-12-10-13(2)20(19-12)9-5-8-18-11-14-6-3-4-7-15(14)16(17)21/h3-4,6-7,10,18H,5,8-9,11H2,1-2H3,(H2,17,21). The number of carbonyl (C=O) groups is 1. The lowest BCUT2D eigenvalue weighted by molar-refractivity contribution is 0.0999. The fraction of sp³-hybridized carbons (Fsp3) is 0.375. The molecule has 0 atom stereocenters. The van der Waals surface area contributed by atoms with E-state index in [9.17, 15) is 4.79 Å². The molecule has 0 spiro atoms. The minimum absolute atomic E-state index is 0.380. The second kappa shape index (κ2) is 7.04. The molecule has 1 aromatic heterocycles. The fourth-order valence-electron chi connectivity index (χ4n) is 2.39. The van der Waals surface area contributed by atoms with Crippen LogP contribution in [0.25, 0.3) is 0 Å². The van der Waals surface area contributed by atoms with Crippen molar-refractivity contribution in [1.82, 2.24) is 15.1 Å². The third-order valence-electron chi connectivity index (χ3n) is 3.43. The molecule has 5 heteroatoms. The van der Waals surface area contributed by atoms with Gasteiger partial charge in [-0.05, 0) is 44.5 Å². The second-order valence-corrected chi connectivity index (χ2v) is 5.20. The number of nitrogens with one attached hydrogen (secondary N) is 1. The summed E-state index contributed by atoms with van der Waals surface area (Å²) in [5.74, 6) is -0.380. The topological polar surface area (TPSA) is 72.9 Å². The van der Waals surface area contributed by atoms with Gasteiger partial charge in [-0.3, -0.25) is 9.48 Å². The Kier molecular flexibility index (Phi) is 5.11. The molecule has 0 aliphatic rings. The highest BCUT2D eigenvalue weighted by Crippen LogP contribution is 2.07. The SMILES string of the molecule is Cc1cc(C)n(CCCNCc2ccccc2C(N)=O)n1. The van der Waals surface area contributed by atoms with Crippen molar-refractivity contribution in [1.29, 1.82) is 0 Å². The summed E-state index contributed by atoms with van der Waals surface area (Å²) < 4.78 is 2.02. The van der Waals surface area contributed by atoms with Crippen LogP contribution in [-0.4, -0.2) is 22.2 Å². The molecule has 1 amide bonds. The maximum Gasteiger partial charge on any atom is 0.249 e. The van der Waals surface area contributed by atoms with Crippen LogP contribution in [0, 0.1) is 13.8 Å². The second-order valence-electron chi connectivity index (χ2n) is 5.20. The number of amides is 1. The van der Waals surface area contributed by atoms with E-state index in [1.54, 1.807) is 6.07 Å². The van der Waals surface area contributed by atoms with Gasteiger partial charge in [-0.25, -0.2) is 0 Å². The Bertz CT molecular complexity index is 618. The molecule has 21 heavy (non-hydrogen) atoms. The van der Waals surface area contributed by atoms with Crippen LogP contribution in [0.2, 0.25) is 0 Å². The van der Waals surface area contributed by atoms with Gasteiger partial charge in [-0.2, -0.15) is 5.10 Å². The van der Waals surface area contributed by atoms with Gasteiger partial charge in [-0.1, -0.05) is 18.2 Å². The van der Waals surface area contributed by atoms with E-state index in [1.807, 2.05) is 29.8 Å². The molecule has 0 unspecified atom stereocenters. The van der Waals surface area contributed by atoms with Crippen molar-refractivity contribution < 1.29 is 4.79 Å². The Balaban J connectivity index is 1.78. The molecule has 0 fully saturated rings. The van der Waals surface area contributed by atoms with Crippen molar-refractivity contribution in [3.63, 3.8) is 0 Å². The third-order valence-corrected chi connectivity index (χ3v) is 3.43. The Hall–Kier alpha value is -2.14. The van der Waals surface area contributed by atoms with E-state index in [1.165, 1.54) is 5.69 Å². The number of benzene rings is 1. The van der Waals surface area contributed by atoms with E-state index in [0.717, 1.165) is 30.8 Å². The van der Waals surface area contributed by atoms with Crippen molar-refractivity contribution in [2.75, 3.05) is 6.54 Å². The molecule has 112 valence electrons. The number of nitrogens with two attached hydrogens (primary N) is 1. The molecular formula is C16H22N4O. The minimum Gasteiger partial charge on any atom is -0.366 e. The fourth-order valence-corrected chi connectivity index (χ4v) is 2.39. The molecule has 1 aromatic carbocycles. The van der Waals surface area contributed by atoms with Crippen LogP contribution in [0.1, 0.15) is 33.7 Å². The zero-order valence-electron chi connectivity index (χ0n) is 12.6. The molecule has 0 bridgehead atoms. The van der Waals surface area contributed by atoms with Crippen molar-refractivity contribution in [3.05, 3.63) is 52.8 Å². The zero-order chi connectivity index (χ0) is 15.2. The first-order valence-electron chi connectivity index (χ1n) is 7.17. The molecule has 0 saturated carbocycles. The summed E-state index contributed by atoms with van der Waals surface area (Å²) in [5.41, 5.74) is 9.13. The van der Waals surface area contributed by atoms with Crippen LogP contribution in [0.4, 0.5) is 0 Å². The van der Waals surface area contributed by atoms with E-state index in [0.29, 0.717) is 12.1 Å². The lowest BCUT2D eigenvalue weighted by Crippen LogP contribution is -2.20. The van der Waals surface area contributed by atoms with Crippen molar-refractivity contribution in [3.8, 4) is 0 Å². The quantitative estimate of drug-likeness (QED) is 0.762. The van der Waals surface area contributed by atoms with Crippen LogP contribution >= 0.6 is 0 Å². The lowest BCUT2D eigenvalue weighted by atomic mass is 10.1. The highest BCUT2D eigenvalue weighted by Gasteiger charge is 2.06. The molecule has 3 N–H and O–H groups in total. The number of rotatable bonds is 7. The Labute approximate surface area is 125 Å². The van der Waals surface area contributed by atoms with Gasteiger partial charge in [0.2, 0.25) is 5.91 Å². The first-order valence-corrected chi connectivity index (χ1v) is 7.17. The molecule has 2 aromatic rings. The van der Waals surface area contributed by atoms with Crippen LogP contribution in [0.15, 0.2) is 30.3 Å². The van der Waals surface area contributed by atoms with Gasteiger partial charge in [0.05, 0.1) is 5.69 Å². The maximum atomic E-state index is 11.3. The number of hydrogen-bond acceptors (Lipinski definition) is 3. The first-order chi connectivity index (χ1) is 10.1.